The van der Waals surface area contributed by atoms with E-state index in [1.54, 1.807) is 30.6 Å². The number of anilines is 1. The highest BCUT2D eigenvalue weighted by Crippen LogP contribution is 2.23. The molecule has 1 aromatic heterocycles. The molecule has 3 heterocycles. The molecule has 1 atom stereocenters. The Bertz CT molecular complexity index is 1190. The normalized spacial score (nSPS) is 17.9. The lowest BCUT2D eigenvalue weighted by Gasteiger charge is -2.38. The van der Waals surface area contributed by atoms with Gasteiger partial charge in [-0.25, -0.2) is 13.2 Å². The Labute approximate surface area is 224 Å². The minimum absolute atomic E-state index is 0.158. The number of rotatable bonds is 9. The summed E-state index contributed by atoms with van der Waals surface area (Å²) < 4.78 is 26.9. The number of sulfone groups is 1. The summed E-state index contributed by atoms with van der Waals surface area (Å²) in [6.07, 6.45) is 8.10. The van der Waals surface area contributed by atoms with Gasteiger partial charge in [-0.15, -0.1) is 6.58 Å². The maximum Gasteiger partial charge on any atom is 0.319 e. The van der Waals surface area contributed by atoms with Gasteiger partial charge in [-0.3, -0.25) is 19.6 Å². The quantitative estimate of drug-likeness (QED) is 0.469. The molecule has 1 aromatic carbocycles. The van der Waals surface area contributed by atoms with Gasteiger partial charge in [0.25, 0.3) is 0 Å². The van der Waals surface area contributed by atoms with Crippen LogP contribution >= 0.6 is 0 Å². The van der Waals surface area contributed by atoms with Crippen molar-refractivity contribution >= 4 is 27.5 Å². The number of nitrogens with zero attached hydrogens (tertiary/aromatic N) is 4. The van der Waals surface area contributed by atoms with Gasteiger partial charge in [-0.1, -0.05) is 12.1 Å². The van der Waals surface area contributed by atoms with E-state index in [-0.39, 0.29) is 10.8 Å². The Balaban J connectivity index is 1.29. The third-order valence-corrected chi connectivity index (χ3v) is 9.03. The summed E-state index contributed by atoms with van der Waals surface area (Å²) in [5, 5.41) is 4.58. The zero-order valence-electron chi connectivity index (χ0n) is 21.6. The molecule has 0 radical (unpaired) electrons. The van der Waals surface area contributed by atoms with Crippen LogP contribution in [0.25, 0.3) is 0 Å². The van der Waals surface area contributed by atoms with E-state index in [1.165, 1.54) is 24.6 Å². The molecule has 2 aromatic rings. The number of pyridine rings is 1. The smallest absolute Gasteiger partial charge is 0.319 e. The molecule has 2 saturated heterocycles. The van der Waals surface area contributed by atoms with Crippen LogP contribution in [0.4, 0.5) is 10.5 Å². The fraction of sp³-hybridized carbons (Fsp3) is 0.444. The van der Waals surface area contributed by atoms with Crippen LogP contribution < -0.4 is 10.6 Å². The number of amides is 3. The highest BCUT2D eigenvalue weighted by Gasteiger charge is 2.33. The molecule has 38 heavy (non-hydrogen) atoms. The van der Waals surface area contributed by atoms with E-state index < -0.39 is 21.2 Å². The van der Waals surface area contributed by atoms with Gasteiger partial charge in [0.1, 0.15) is 5.37 Å². The first kappa shape index (κ1) is 27.7. The molecule has 0 spiro atoms. The molecule has 11 heteroatoms. The zero-order chi connectivity index (χ0) is 27.0. The van der Waals surface area contributed by atoms with Crippen LogP contribution in [0.15, 0.2) is 66.3 Å². The van der Waals surface area contributed by atoms with Crippen molar-refractivity contribution in [2.75, 3.05) is 51.1 Å². The number of piperidine rings is 1. The van der Waals surface area contributed by atoms with Crippen LogP contribution in [-0.4, -0.2) is 91.2 Å². The van der Waals surface area contributed by atoms with Crippen LogP contribution in [-0.2, 0) is 21.2 Å². The Hall–Kier alpha value is -3.28. The molecule has 0 saturated carbocycles. The Morgan fingerprint density at radius 3 is 2.34 bits per heavy atom. The van der Waals surface area contributed by atoms with Crippen molar-refractivity contribution in [1.29, 1.82) is 0 Å². The van der Waals surface area contributed by atoms with Gasteiger partial charge in [0.05, 0.1) is 11.4 Å². The Kier molecular flexibility index (Phi) is 9.48. The molecule has 3 amide bonds. The topological polar surface area (TPSA) is 115 Å². The third-order valence-electron chi connectivity index (χ3n) is 6.97. The second-order valence-corrected chi connectivity index (χ2v) is 11.7. The molecule has 4 rings (SSSR count). The average Bonchev–Trinajstić information content (AvgIpc) is 2.94. The largest absolute Gasteiger partial charge is 0.342 e. The van der Waals surface area contributed by atoms with Gasteiger partial charge in [0, 0.05) is 63.9 Å². The number of urea groups is 1. The first-order valence-corrected chi connectivity index (χ1v) is 14.6. The van der Waals surface area contributed by atoms with Crippen molar-refractivity contribution in [3.8, 4) is 0 Å². The molecular formula is C27H36N6O4S. The fourth-order valence-electron chi connectivity index (χ4n) is 4.81. The molecule has 10 nitrogen and oxygen atoms in total. The number of hydrogen-bond donors (Lipinski definition) is 2. The Morgan fingerprint density at radius 2 is 1.71 bits per heavy atom. The number of piperazine rings is 1. The van der Waals surface area contributed by atoms with Crippen LogP contribution in [0, 0.1) is 0 Å². The minimum atomic E-state index is -3.72. The van der Waals surface area contributed by atoms with E-state index in [0.717, 1.165) is 31.5 Å². The third kappa shape index (κ3) is 7.18. The monoisotopic (exact) mass is 540 g/mol. The molecule has 2 aliphatic rings. The number of hydrogen-bond acceptors (Lipinski definition) is 7. The van der Waals surface area contributed by atoms with Crippen molar-refractivity contribution in [3.63, 3.8) is 0 Å². The molecule has 2 N–H and O–H groups in total. The SMILES string of the molecule is C=CC(N1CCN(CC(=O)N2CCCCC2)CC1)S(=O)(=O)c1ccc(NC(=O)NCc2cccnc2)cc1. The van der Waals surface area contributed by atoms with Gasteiger partial charge < -0.3 is 15.5 Å². The van der Waals surface area contributed by atoms with Gasteiger partial charge in [0.15, 0.2) is 9.84 Å². The summed E-state index contributed by atoms with van der Waals surface area (Å²) in [5.74, 6) is 0.158. The predicted molar refractivity (Wildman–Crippen MR) is 146 cm³/mol. The second kappa shape index (κ2) is 13.0. The standard InChI is InChI=1S/C27H36N6O4S/c1-2-26(33-17-15-31(16-18-33)21-25(34)32-13-4-3-5-14-32)38(36,37)24-10-8-23(9-11-24)30-27(35)29-20-22-7-6-12-28-19-22/h2,6-12,19,26H,1,3-5,13-18,20-21H2,(H2,29,30,35). The molecular weight excluding hydrogens is 504 g/mol. The van der Waals surface area contributed by atoms with E-state index in [0.29, 0.717) is 45.0 Å². The fourth-order valence-corrected chi connectivity index (χ4v) is 6.46. The molecule has 1 unspecified atom stereocenters. The van der Waals surface area contributed by atoms with Crippen molar-refractivity contribution in [2.24, 2.45) is 0 Å². The number of benzene rings is 1. The lowest BCUT2D eigenvalue weighted by atomic mass is 10.1. The number of nitrogens with one attached hydrogen (secondary N) is 2. The summed E-state index contributed by atoms with van der Waals surface area (Å²) in [6, 6.07) is 9.39. The molecule has 0 bridgehead atoms. The summed E-state index contributed by atoms with van der Waals surface area (Å²) in [4.78, 5) is 34.9. The van der Waals surface area contributed by atoms with E-state index in [2.05, 4.69) is 27.1 Å². The van der Waals surface area contributed by atoms with E-state index in [1.807, 2.05) is 15.9 Å². The summed E-state index contributed by atoms with van der Waals surface area (Å²) in [6.45, 7) is 8.46. The van der Waals surface area contributed by atoms with Crippen molar-refractivity contribution in [1.82, 2.24) is 25.0 Å². The summed E-state index contributed by atoms with van der Waals surface area (Å²) in [7, 11) is -3.72. The maximum absolute atomic E-state index is 13.4. The van der Waals surface area contributed by atoms with Gasteiger partial charge in [-0.05, 0) is 55.2 Å². The minimum Gasteiger partial charge on any atom is -0.342 e. The number of carbonyl (C=O) groups excluding carboxylic acids is 2. The van der Waals surface area contributed by atoms with E-state index >= 15 is 0 Å². The molecule has 2 fully saturated rings. The van der Waals surface area contributed by atoms with Gasteiger partial charge >= 0.3 is 6.03 Å². The number of likely N-dealkylation sites (tertiary alicyclic amines) is 1. The number of carbonyl (C=O) groups is 2. The van der Waals surface area contributed by atoms with Gasteiger partial charge in [0.2, 0.25) is 5.91 Å². The lowest BCUT2D eigenvalue weighted by Crippen LogP contribution is -2.54. The van der Waals surface area contributed by atoms with Crippen molar-refractivity contribution in [2.45, 2.75) is 36.1 Å². The summed E-state index contributed by atoms with van der Waals surface area (Å²) in [5.41, 5.74) is 1.35. The van der Waals surface area contributed by atoms with Crippen molar-refractivity contribution in [3.05, 3.63) is 67.0 Å². The van der Waals surface area contributed by atoms with Crippen LogP contribution in [0.3, 0.4) is 0 Å². The van der Waals surface area contributed by atoms with Gasteiger partial charge in [-0.2, -0.15) is 0 Å². The molecule has 204 valence electrons. The van der Waals surface area contributed by atoms with Crippen LogP contribution in [0.2, 0.25) is 0 Å². The second-order valence-electron chi connectivity index (χ2n) is 9.62. The highest BCUT2D eigenvalue weighted by atomic mass is 32.2. The lowest BCUT2D eigenvalue weighted by molar-refractivity contribution is -0.133. The predicted octanol–water partition coefficient (Wildman–Crippen LogP) is 2.32. The molecule has 0 aliphatic carbocycles. The maximum atomic E-state index is 13.4. The van der Waals surface area contributed by atoms with Crippen molar-refractivity contribution < 1.29 is 18.0 Å². The van der Waals surface area contributed by atoms with Crippen LogP contribution in [0.1, 0.15) is 24.8 Å². The number of aromatic nitrogens is 1. The Morgan fingerprint density at radius 1 is 1.00 bits per heavy atom. The van der Waals surface area contributed by atoms with Crippen LogP contribution in [0.5, 0.6) is 0 Å². The first-order valence-electron chi connectivity index (χ1n) is 13.0. The van der Waals surface area contributed by atoms with E-state index in [4.69, 9.17) is 0 Å². The zero-order valence-corrected chi connectivity index (χ0v) is 22.4. The summed E-state index contributed by atoms with van der Waals surface area (Å²) >= 11 is 0. The average molecular weight is 541 g/mol. The highest BCUT2D eigenvalue weighted by molar-refractivity contribution is 7.92. The van der Waals surface area contributed by atoms with E-state index in [9.17, 15) is 18.0 Å². The molecule has 2 aliphatic heterocycles. The first-order chi connectivity index (χ1) is 18.4.